The molecule has 1 atom stereocenters. The Labute approximate surface area is 112 Å². The largest absolute Gasteiger partial charge is 0.394 e. The zero-order chi connectivity index (χ0) is 13.4. The Morgan fingerprint density at radius 1 is 1.28 bits per heavy atom. The molecule has 1 fully saturated rings. The van der Waals surface area contributed by atoms with Gasteiger partial charge in [0.05, 0.1) is 6.61 Å². The van der Waals surface area contributed by atoms with Crippen molar-refractivity contribution in [2.45, 2.75) is 38.1 Å². The van der Waals surface area contributed by atoms with Crippen LogP contribution in [0.3, 0.4) is 0 Å². The highest BCUT2D eigenvalue weighted by atomic mass is 16.3. The van der Waals surface area contributed by atoms with E-state index in [1.165, 1.54) is 25.9 Å². The Balaban J connectivity index is 2.43. The normalized spacial score (nSPS) is 26.5. The summed E-state index contributed by atoms with van der Waals surface area (Å²) in [6.07, 6.45) is 4.57. The maximum atomic E-state index is 9.75. The second-order valence-corrected chi connectivity index (χ2v) is 5.86. The Morgan fingerprint density at radius 2 is 2.06 bits per heavy atom. The van der Waals surface area contributed by atoms with Gasteiger partial charge in [-0.15, -0.1) is 0 Å². The van der Waals surface area contributed by atoms with Crippen molar-refractivity contribution in [3.05, 3.63) is 0 Å². The van der Waals surface area contributed by atoms with Crippen LogP contribution in [0, 0.1) is 0 Å². The van der Waals surface area contributed by atoms with Crippen molar-refractivity contribution >= 4 is 0 Å². The average molecular weight is 257 g/mol. The number of nitrogens with zero attached hydrogens (tertiary/aromatic N) is 2. The fourth-order valence-electron chi connectivity index (χ4n) is 2.73. The van der Waals surface area contributed by atoms with Crippen LogP contribution >= 0.6 is 0 Å². The Kier molecular flexibility index (Phi) is 7.15. The minimum atomic E-state index is -0.0432. The van der Waals surface area contributed by atoms with Crippen LogP contribution in [0.25, 0.3) is 0 Å². The summed E-state index contributed by atoms with van der Waals surface area (Å²) in [6, 6.07) is 0. The summed E-state index contributed by atoms with van der Waals surface area (Å²) >= 11 is 0. The van der Waals surface area contributed by atoms with E-state index in [1.54, 1.807) is 0 Å². The first-order valence-electron chi connectivity index (χ1n) is 7.35. The molecular formula is C14H31N3O. The van der Waals surface area contributed by atoms with Crippen molar-refractivity contribution < 1.29 is 5.11 Å². The predicted molar refractivity (Wildman–Crippen MR) is 77.0 cm³/mol. The second kappa shape index (κ2) is 8.10. The molecular weight excluding hydrogens is 226 g/mol. The van der Waals surface area contributed by atoms with Crippen LogP contribution in [0.1, 0.15) is 32.6 Å². The number of rotatable bonds is 7. The predicted octanol–water partition coefficient (Wildman–Crippen LogP) is 0.765. The van der Waals surface area contributed by atoms with Crippen LogP contribution in [-0.2, 0) is 0 Å². The number of likely N-dealkylation sites (N-methyl/N-ethyl adjacent to an activating group) is 1. The molecule has 0 amide bonds. The van der Waals surface area contributed by atoms with E-state index in [2.05, 4.69) is 36.1 Å². The number of likely N-dealkylation sites (tertiary alicyclic amines) is 1. The molecule has 0 aromatic carbocycles. The topological polar surface area (TPSA) is 38.7 Å². The van der Waals surface area contributed by atoms with Gasteiger partial charge in [-0.2, -0.15) is 0 Å². The highest BCUT2D eigenvalue weighted by Gasteiger charge is 2.31. The summed E-state index contributed by atoms with van der Waals surface area (Å²) in [6.45, 7) is 7.98. The van der Waals surface area contributed by atoms with Gasteiger partial charge in [0, 0.05) is 18.6 Å². The van der Waals surface area contributed by atoms with Crippen molar-refractivity contribution in [2.75, 3.05) is 53.4 Å². The first-order valence-corrected chi connectivity index (χ1v) is 7.35. The van der Waals surface area contributed by atoms with Crippen LogP contribution in [-0.4, -0.2) is 73.9 Å². The molecule has 0 aliphatic carbocycles. The van der Waals surface area contributed by atoms with Gasteiger partial charge in [0.2, 0.25) is 0 Å². The molecule has 0 spiro atoms. The van der Waals surface area contributed by atoms with E-state index in [0.29, 0.717) is 0 Å². The molecule has 0 aromatic heterocycles. The fourth-order valence-corrected chi connectivity index (χ4v) is 2.73. The Bertz CT molecular complexity index is 223. The molecule has 1 rings (SSSR count). The lowest BCUT2D eigenvalue weighted by Crippen LogP contribution is -2.51. The molecule has 0 aromatic rings. The van der Waals surface area contributed by atoms with E-state index in [9.17, 15) is 5.11 Å². The van der Waals surface area contributed by atoms with Crippen molar-refractivity contribution in [1.82, 2.24) is 15.1 Å². The number of hydrogen-bond donors (Lipinski definition) is 2. The zero-order valence-electron chi connectivity index (χ0n) is 12.4. The summed E-state index contributed by atoms with van der Waals surface area (Å²) in [5, 5.41) is 13.4. The van der Waals surface area contributed by atoms with E-state index in [4.69, 9.17) is 0 Å². The highest BCUT2D eigenvalue weighted by Crippen LogP contribution is 2.22. The average Bonchev–Trinajstić information content (AvgIpc) is 2.53. The second-order valence-electron chi connectivity index (χ2n) is 5.86. The third-order valence-corrected chi connectivity index (χ3v) is 3.94. The van der Waals surface area contributed by atoms with Gasteiger partial charge < -0.3 is 20.2 Å². The first kappa shape index (κ1) is 15.9. The molecule has 2 N–H and O–H groups in total. The summed E-state index contributed by atoms with van der Waals surface area (Å²) in [4.78, 5) is 4.71. The van der Waals surface area contributed by atoms with Crippen molar-refractivity contribution in [3.63, 3.8) is 0 Å². The maximum absolute atomic E-state index is 9.75. The lowest BCUT2D eigenvalue weighted by Gasteiger charge is -2.33. The van der Waals surface area contributed by atoms with Gasteiger partial charge in [-0.3, -0.25) is 0 Å². The third-order valence-electron chi connectivity index (χ3n) is 3.94. The van der Waals surface area contributed by atoms with Crippen molar-refractivity contribution in [2.24, 2.45) is 0 Å². The molecule has 0 radical (unpaired) electrons. The SMILES string of the molecule is CCCN1CCCC(CO)(NCCN(C)C)CC1. The summed E-state index contributed by atoms with van der Waals surface area (Å²) in [7, 11) is 4.17. The van der Waals surface area contributed by atoms with E-state index in [-0.39, 0.29) is 12.1 Å². The summed E-state index contributed by atoms with van der Waals surface area (Å²) < 4.78 is 0. The maximum Gasteiger partial charge on any atom is 0.0613 e. The summed E-state index contributed by atoms with van der Waals surface area (Å²) in [5.74, 6) is 0. The molecule has 1 aliphatic rings. The van der Waals surface area contributed by atoms with Crippen LogP contribution in [0.4, 0.5) is 0 Å². The van der Waals surface area contributed by atoms with Crippen LogP contribution in [0.5, 0.6) is 0 Å². The van der Waals surface area contributed by atoms with Crippen LogP contribution in [0.2, 0.25) is 0 Å². The van der Waals surface area contributed by atoms with Crippen LogP contribution in [0.15, 0.2) is 0 Å². The number of aliphatic hydroxyl groups is 1. The molecule has 1 aliphatic heterocycles. The van der Waals surface area contributed by atoms with Crippen LogP contribution < -0.4 is 5.32 Å². The molecule has 4 nitrogen and oxygen atoms in total. The van der Waals surface area contributed by atoms with Gasteiger partial charge in [-0.25, -0.2) is 0 Å². The van der Waals surface area contributed by atoms with Gasteiger partial charge >= 0.3 is 0 Å². The first-order chi connectivity index (χ1) is 8.62. The molecule has 0 saturated carbocycles. The van der Waals surface area contributed by atoms with E-state index >= 15 is 0 Å². The Hall–Kier alpha value is -0.160. The van der Waals surface area contributed by atoms with Gasteiger partial charge in [0.25, 0.3) is 0 Å². The standard InChI is InChI=1S/C14H31N3O/c1-4-9-17-10-5-6-14(13-18,7-11-17)15-8-12-16(2)3/h15,18H,4-13H2,1-3H3. The Morgan fingerprint density at radius 3 is 2.67 bits per heavy atom. The van der Waals surface area contributed by atoms with Gasteiger partial charge in [0.15, 0.2) is 0 Å². The molecule has 1 heterocycles. The smallest absolute Gasteiger partial charge is 0.0613 e. The monoisotopic (exact) mass is 257 g/mol. The summed E-state index contributed by atoms with van der Waals surface area (Å²) in [5.41, 5.74) is -0.0432. The fraction of sp³-hybridized carbons (Fsp3) is 1.00. The number of nitrogens with one attached hydrogen (secondary N) is 1. The molecule has 108 valence electrons. The lowest BCUT2D eigenvalue weighted by molar-refractivity contribution is 0.140. The molecule has 4 heteroatoms. The van der Waals surface area contributed by atoms with E-state index in [1.807, 2.05) is 0 Å². The highest BCUT2D eigenvalue weighted by molar-refractivity contribution is 4.91. The van der Waals surface area contributed by atoms with Gasteiger partial charge in [0.1, 0.15) is 0 Å². The molecule has 0 bridgehead atoms. The van der Waals surface area contributed by atoms with Gasteiger partial charge in [-0.05, 0) is 59.4 Å². The zero-order valence-corrected chi connectivity index (χ0v) is 12.4. The minimum Gasteiger partial charge on any atom is -0.394 e. The molecule has 18 heavy (non-hydrogen) atoms. The van der Waals surface area contributed by atoms with Crippen molar-refractivity contribution in [1.29, 1.82) is 0 Å². The minimum absolute atomic E-state index is 0.0432. The van der Waals surface area contributed by atoms with E-state index in [0.717, 1.165) is 32.5 Å². The van der Waals surface area contributed by atoms with E-state index < -0.39 is 0 Å². The van der Waals surface area contributed by atoms with Crippen molar-refractivity contribution in [3.8, 4) is 0 Å². The lowest BCUT2D eigenvalue weighted by atomic mass is 9.91. The molecule has 1 unspecified atom stereocenters. The molecule has 1 saturated heterocycles. The third kappa shape index (κ3) is 5.22. The number of hydrogen-bond acceptors (Lipinski definition) is 4. The number of aliphatic hydroxyl groups excluding tert-OH is 1. The van der Waals surface area contributed by atoms with Gasteiger partial charge in [-0.1, -0.05) is 6.92 Å². The quantitative estimate of drug-likeness (QED) is 0.706.